The van der Waals surface area contributed by atoms with E-state index in [1.54, 1.807) is 11.8 Å². The van der Waals surface area contributed by atoms with Crippen molar-refractivity contribution in [2.75, 3.05) is 26.9 Å². The first-order chi connectivity index (χ1) is 14.0. The first-order valence-electron chi connectivity index (χ1n) is 10.2. The molecule has 0 aromatic carbocycles. The average Bonchev–Trinajstić information content (AvgIpc) is 3.42. The van der Waals surface area contributed by atoms with Crippen molar-refractivity contribution in [3.8, 4) is 0 Å². The second kappa shape index (κ2) is 12.2. The lowest BCUT2D eigenvalue weighted by atomic mass is 10.2. The van der Waals surface area contributed by atoms with Gasteiger partial charge in [0, 0.05) is 52.0 Å². The number of thioether (sulfide) groups is 1. The van der Waals surface area contributed by atoms with Gasteiger partial charge in [-0.1, -0.05) is 36.2 Å². The van der Waals surface area contributed by atoms with Gasteiger partial charge in [0.15, 0.2) is 11.1 Å². The molecule has 0 saturated heterocycles. The lowest BCUT2D eigenvalue weighted by molar-refractivity contribution is 0.453. The van der Waals surface area contributed by atoms with E-state index in [0.29, 0.717) is 6.04 Å². The van der Waals surface area contributed by atoms with Gasteiger partial charge in [-0.3, -0.25) is 4.99 Å². The van der Waals surface area contributed by atoms with Crippen molar-refractivity contribution in [2.24, 2.45) is 12.0 Å². The Kier molecular flexibility index (Phi) is 10.3. The highest BCUT2D eigenvalue weighted by Gasteiger charge is 2.23. The number of hydrogen-bond donors (Lipinski definition) is 1. The minimum atomic E-state index is 0. The Labute approximate surface area is 206 Å². The number of aryl methyl sites for hydroxylation is 2. The van der Waals surface area contributed by atoms with Gasteiger partial charge in [0.2, 0.25) is 0 Å². The molecule has 1 fully saturated rings. The summed E-state index contributed by atoms with van der Waals surface area (Å²) < 4.78 is 4.43. The number of nitrogens with one attached hydrogen (secondary N) is 1. The molecule has 10 heteroatoms. The zero-order valence-electron chi connectivity index (χ0n) is 18.3. The molecule has 1 saturated carbocycles. The van der Waals surface area contributed by atoms with Crippen LogP contribution in [-0.4, -0.2) is 57.1 Å². The van der Waals surface area contributed by atoms with Gasteiger partial charge in [-0.2, -0.15) is 0 Å². The van der Waals surface area contributed by atoms with Gasteiger partial charge in [-0.05, 0) is 31.6 Å². The van der Waals surface area contributed by atoms with Gasteiger partial charge in [0.1, 0.15) is 5.82 Å². The third-order valence-electron chi connectivity index (χ3n) is 5.51. The molecule has 3 rings (SSSR count). The van der Waals surface area contributed by atoms with E-state index in [4.69, 9.17) is 11.6 Å². The Morgan fingerprint density at radius 1 is 1.37 bits per heavy atom. The van der Waals surface area contributed by atoms with Crippen LogP contribution >= 0.6 is 47.3 Å². The summed E-state index contributed by atoms with van der Waals surface area (Å²) in [5.41, 5.74) is 1.15. The molecule has 2 aromatic rings. The molecule has 30 heavy (non-hydrogen) atoms. The Hall–Kier alpha value is -0.940. The van der Waals surface area contributed by atoms with Gasteiger partial charge in [0.25, 0.3) is 0 Å². The largest absolute Gasteiger partial charge is 0.356 e. The molecular formula is C20H33ClIN7S. The number of hydrogen-bond acceptors (Lipinski definition) is 4. The molecule has 1 aliphatic carbocycles. The van der Waals surface area contributed by atoms with Crippen LogP contribution in [0.3, 0.4) is 0 Å². The molecule has 0 spiro atoms. The van der Waals surface area contributed by atoms with Gasteiger partial charge >= 0.3 is 0 Å². The van der Waals surface area contributed by atoms with Gasteiger partial charge in [0.05, 0.1) is 11.6 Å². The van der Waals surface area contributed by atoms with Crippen LogP contribution in [0.15, 0.2) is 22.4 Å². The maximum Gasteiger partial charge on any atom is 0.193 e. The number of aromatic nitrogens is 4. The minimum absolute atomic E-state index is 0. The number of guanidine groups is 1. The molecule has 1 N–H and O–H groups in total. The Balaban J connectivity index is 0.00000320. The SMILES string of the molecule is CN=C(NCCCc1nnc(SC)n1C1CCCC1)N(C)Cc1cc(Cl)cn1C.I. The van der Waals surface area contributed by atoms with E-state index < -0.39 is 0 Å². The highest BCUT2D eigenvalue weighted by molar-refractivity contribution is 14.0. The van der Waals surface area contributed by atoms with Crippen LogP contribution in [0.2, 0.25) is 5.02 Å². The summed E-state index contributed by atoms with van der Waals surface area (Å²) in [5.74, 6) is 1.99. The molecule has 0 radical (unpaired) electrons. The van der Waals surface area contributed by atoms with E-state index in [2.05, 4.69) is 36.2 Å². The third kappa shape index (κ3) is 6.29. The summed E-state index contributed by atoms with van der Waals surface area (Å²) in [6.07, 6.45) is 11.0. The Bertz CT molecular complexity index is 829. The van der Waals surface area contributed by atoms with Crippen LogP contribution in [0, 0.1) is 0 Å². The van der Waals surface area contributed by atoms with Crippen LogP contribution in [0.5, 0.6) is 0 Å². The maximum atomic E-state index is 6.10. The lowest BCUT2D eigenvalue weighted by Crippen LogP contribution is -2.39. The number of nitrogens with zero attached hydrogens (tertiary/aromatic N) is 6. The van der Waals surface area contributed by atoms with Crippen LogP contribution < -0.4 is 5.32 Å². The summed E-state index contributed by atoms with van der Waals surface area (Å²) >= 11 is 7.79. The van der Waals surface area contributed by atoms with E-state index in [1.165, 1.54) is 25.7 Å². The molecular weight excluding hydrogens is 533 g/mol. The molecule has 0 unspecified atom stereocenters. The fourth-order valence-corrected chi connectivity index (χ4v) is 4.86. The second-order valence-electron chi connectivity index (χ2n) is 7.61. The minimum Gasteiger partial charge on any atom is -0.356 e. The highest BCUT2D eigenvalue weighted by atomic mass is 127. The standard InChI is InChI=1S/C20H32ClN7S.HI/c1-22-19(27(3)14-17-12-15(21)13-26(17)2)23-11-7-10-18-24-25-20(29-4)28(18)16-8-5-6-9-16;/h12-13,16H,5-11,14H2,1-4H3,(H,22,23);1H. The summed E-state index contributed by atoms with van der Waals surface area (Å²) in [4.78, 5) is 6.53. The van der Waals surface area contributed by atoms with Crippen LogP contribution in [0.25, 0.3) is 0 Å². The van der Waals surface area contributed by atoms with Crippen molar-refractivity contribution in [3.63, 3.8) is 0 Å². The van der Waals surface area contributed by atoms with Crippen molar-refractivity contribution in [2.45, 2.75) is 56.3 Å². The first kappa shape index (κ1) is 25.3. The summed E-state index contributed by atoms with van der Waals surface area (Å²) in [6.45, 7) is 1.59. The Morgan fingerprint density at radius 3 is 2.70 bits per heavy atom. The van der Waals surface area contributed by atoms with Crippen molar-refractivity contribution < 1.29 is 0 Å². The summed E-state index contributed by atoms with van der Waals surface area (Å²) in [5, 5.41) is 14.2. The molecule has 168 valence electrons. The average molecular weight is 566 g/mol. The summed E-state index contributed by atoms with van der Waals surface area (Å²) in [7, 11) is 5.87. The van der Waals surface area contributed by atoms with Gasteiger partial charge in [-0.15, -0.1) is 34.2 Å². The molecule has 0 amide bonds. The fraction of sp³-hybridized carbons (Fsp3) is 0.650. The first-order valence-corrected chi connectivity index (χ1v) is 11.8. The van der Waals surface area contributed by atoms with E-state index in [0.717, 1.165) is 53.6 Å². The van der Waals surface area contributed by atoms with Crippen molar-refractivity contribution in [1.29, 1.82) is 0 Å². The zero-order valence-corrected chi connectivity index (χ0v) is 22.2. The molecule has 1 aliphatic rings. The van der Waals surface area contributed by atoms with E-state index >= 15 is 0 Å². The second-order valence-corrected chi connectivity index (χ2v) is 8.82. The molecule has 2 heterocycles. The third-order valence-corrected chi connectivity index (χ3v) is 6.37. The van der Waals surface area contributed by atoms with Gasteiger partial charge < -0.3 is 19.4 Å². The molecule has 0 bridgehead atoms. The van der Waals surface area contributed by atoms with Crippen LogP contribution in [0.1, 0.15) is 49.7 Å². The van der Waals surface area contributed by atoms with E-state index in [9.17, 15) is 0 Å². The smallest absolute Gasteiger partial charge is 0.193 e. The number of halogens is 2. The predicted molar refractivity (Wildman–Crippen MR) is 136 cm³/mol. The Morgan fingerprint density at radius 2 is 2.10 bits per heavy atom. The monoisotopic (exact) mass is 565 g/mol. The van der Waals surface area contributed by atoms with Crippen LogP contribution in [0.4, 0.5) is 0 Å². The van der Waals surface area contributed by atoms with E-state index in [1.807, 2.05) is 38.0 Å². The fourth-order valence-electron chi connectivity index (χ4n) is 4.02. The predicted octanol–water partition coefficient (Wildman–Crippen LogP) is 4.37. The lowest BCUT2D eigenvalue weighted by Gasteiger charge is -2.22. The van der Waals surface area contributed by atoms with Crippen molar-refractivity contribution >= 4 is 53.3 Å². The van der Waals surface area contributed by atoms with Crippen LogP contribution in [-0.2, 0) is 20.0 Å². The number of aliphatic imine (C=N–C) groups is 1. The quantitative estimate of drug-likeness (QED) is 0.169. The topological polar surface area (TPSA) is 63.3 Å². The normalized spacial score (nSPS) is 14.8. The molecule has 0 aliphatic heterocycles. The maximum absolute atomic E-state index is 6.10. The van der Waals surface area contributed by atoms with E-state index in [-0.39, 0.29) is 24.0 Å². The number of rotatable bonds is 8. The van der Waals surface area contributed by atoms with Gasteiger partial charge in [-0.25, -0.2) is 0 Å². The molecule has 2 aromatic heterocycles. The highest BCUT2D eigenvalue weighted by Crippen LogP contribution is 2.33. The molecule has 0 atom stereocenters. The molecule has 7 nitrogen and oxygen atoms in total. The van der Waals surface area contributed by atoms with Crippen molar-refractivity contribution in [1.82, 2.24) is 29.5 Å². The van der Waals surface area contributed by atoms with Crippen molar-refractivity contribution in [3.05, 3.63) is 28.8 Å². The zero-order chi connectivity index (χ0) is 20.8. The summed E-state index contributed by atoms with van der Waals surface area (Å²) in [6, 6.07) is 2.57.